The minimum Gasteiger partial charge on any atom is -0.367 e. The molecule has 1 heterocycles. The van der Waals surface area contributed by atoms with Crippen molar-refractivity contribution < 1.29 is 4.39 Å². The summed E-state index contributed by atoms with van der Waals surface area (Å²) in [5, 5.41) is 5.77. The summed E-state index contributed by atoms with van der Waals surface area (Å²) in [6, 6.07) is 0.525. The third-order valence-electron chi connectivity index (χ3n) is 2.83. The van der Waals surface area contributed by atoms with Crippen LogP contribution in [0, 0.1) is 5.82 Å². The minimum absolute atomic E-state index is 0.251. The highest BCUT2D eigenvalue weighted by Crippen LogP contribution is 2.11. The maximum Gasteiger partial charge on any atom is 0.224 e. The zero-order chi connectivity index (χ0) is 13.5. The van der Waals surface area contributed by atoms with E-state index in [0.29, 0.717) is 18.5 Å². The molecule has 0 aromatic carbocycles. The van der Waals surface area contributed by atoms with E-state index < -0.39 is 5.82 Å². The monoisotopic (exact) mass is 255 g/mol. The van der Waals surface area contributed by atoms with Crippen molar-refractivity contribution in [1.29, 1.82) is 0 Å². The van der Waals surface area contributed by atoms with Crippen molar-refractivity contribution >= 4 is 11.8 Å². The topological polar surface area (TPSA) is 53.1 Å². The first-order chi connectivity index (χ1) is 8.54. The molecule has 6 heteroatoms. The largest absolute Gasteiger partial charge is 0.367 e. The molecule has 0 spiro atoms. The van der Waals surface area contributed by atoms with E-state index in [4.69, 9.17) is 0 Å². The smallest absolute Gasteiger partial charge is 0.224 e. The van der Waals surface area contributed by atoms with Crippen LogP contribution in [0.3, 0.4) is 0 Å². The van der Waals surface area contributed by atoms with Gasteiger partial charge in [0, 0.05) is 19.6 Å². The molecule has 1 rings (SSSR count). The molecule has 0 aliphatic heterocycles. The van der Waals surface area contributed by atoms with E-state index in [2.05, 4.69) is 46.4 Å². The van der Waals surface area contributed by atoms with Crippen LogP contribution in [0.4, 0.5) is 16.2 Å². The molecule has 1 aromatic heterocycles. The lowest BCUT2D eigenvalue weighted by Gasteiger charge is -2.20. The molecule has 0 aliphatic rings. The number of anilines is 2. The van der Waals surface area contributed by atoms with Crippen LogP contribution < -0.4 is 10.6 Å². The highest BCUT2D eigenvalue weighted by molar-refractivity contribution is 5.40. The SMILES string of the molecule is CNc1ncc(F)c(NCCCN(C)C(C)C)n1. The fourth-order valence-electron chi connectivity index (χ4n) is 1.40. The molecule has 0 saturated carbocycles. The van der Waals surface area contributed by atoms with Crippen molar-refractivity contribution in [2.45, 2.75) is 26.3 Å². The maximum atomic E-state index is 13.4. The van der Waals surface area contributed by atoms with E-state index >= 15 is 0 Å². The van der Waals surface area contributed by atoms with Gasteiger partial charge in [0.25, 0.3) is 0 Å². The van der Waals surface area contributed by atoms with Crippen LogP contribution in [0.1, 0.15) is 20.3 Å². The Morgan fingerprint density at radius 1 is 1.44 bits per heavy atom. The Bertz CT molecular complexity index is 369. The van der Waals surface area contributed by atoms with Gasteiger partial charge in [-0.1, -0.05) is 0 Å². The zero-order valence-corrected chi connectivity index (χ0v) is 11.5. The van der Waals surface area contributed by atoms with E-state index in [1.54, 1.807) is 7.05 Å². The average Bonchev–Trinajstić information content (AvgIpc) is 2.36. The summed E-state index contributed by atoms with van der Waals surface area (Å²) in [6.07, 6.45) is 2.11. The fourth-order valence-corrected chi connectivity index (χ4v) is 1.40. The van der Waals surface area contributed by atoms with Gasteiger partial charge in [-0.25, -0.2) is 9.37 Å². The molecular weight excluding hydrogens is 233 g/mol. The second-order valence-corrected chi connectivity index (χ2v) is 4.49. The predicted molar refractivity (Wildman–Crippen MR) is 72.4 cm³/mol. The highest BCUT2D eigenvalue weighted by Gasteiger charge is 2.06. The molecule has 5 nitrogen and oxygen atoms in total. The molecule has 0 unspecified atom stereocenters. The van der Waals surface area contributed by atoms with Gasteiger partial charge in [-0.2, -0.15) is 4.98 Å². The van der Waals surface area contributed by atoms with Crippen molar-refractivity contribution in [2.75, 3.05) is 37.8 Å². The lowest BCUT2D eigenvalue weighted by molar-refractivity contribution is 0.273. The second kappa shape index (κ2) is 7.10. The van der Waals surface area contributed by atoms with Crippen LogP contribution in [0.5, 0.6) is 0 Å². The molecule has 0 amide bonds. The summed E-state index contributed by atoms with van der Waals surface area (Å²) in [7, 11) is 3.78. The number of hydrogen-bond donors (Lipinski definition) is 2. The lowest BCUT2D eigenvalue weighted by atomic mass is 10.3. The Morgan fingerprint density at radius 2 is 2.17 bits per heavy atom. The first-order valence-corrected chi connectivity index (χ1v) is 6.19. The summed E-state index contributed by atoms with van der Waals surface area (Å²) in [5.74, 6) is 0.242. The van der Waals surface area contributed by atoms with Crippen LogP contribution in [0.2, 0.25) is 0 Å². The molecule has 0 radical (unpaired) electrons. The van der Waals surface area contributed by atoms with Gasteiger partial charge >= 0.3 is 0 Å². The summed E-state index contributed by atoms with van der Waals surface area (Å²) in [4.78, 5) is 10.1. The van der Waals surface area contributed by atoms with Gasteiger partial charge in [0.2, 0.25) is 5.95 Å². The molecule has 2 N–H and O–H groups in total. The van der Waals surface area contributed by atoms with E-state index in [-0.39, 0.29) is 5.82 Å². The lowest BCUT2D eigenvalue weighted by Crippen LogP contribution is -2.28. The van der Waals surface area contributed by atoms with Crippen molar-refractivity contribution in [1.82, 2.24) is 14.9 Å². The highest BCUT2D eigenvalue weighted by atomic mass is 19.1. The predicted octanol–water partition coefficient (Wildman–Crippen LogP) is 1.80. The zero-order valence-electron chi connectivity index (χ0n) is 11.5. The second-order valence-electron chi connectivity index (χ2n) is 4.49. The minimum atomic E-state index is -0.425. The van der Waals surface area contributed by atoms with Crippen LogP contribution >= 0.6 is 0 Å². The van der Waals surface area contributed by atoms with Crippen LogP contribution in [0.25, 0.3) is 0 Å². The number of nitrogens with zero attached hydrogens (tertiary/aromatic N) is 3. The summed E-state index contributed by atoms with van der Waals surface area (Å²) in [5.41, 5.74) is 0. The van der Waals surface area contributed by atoms with Crippen LogP contribution in [0.15, 0.2) is 6.20 Å². The molecule has 0 aliphatic carbocycles. The van der Waals surface area contributed by atoms with Gasteiger partial charge < -0.3 is 15.5 Å². The Kier molecular flexibility index (Phi) is 5.77. The third-order valence-corrected chi connectivity index (χ3v) is 2.83. The standard InChI is InChI=1S/C12H22FN5/c1-9(2)18(4)7-5-6-15-11-10(13)8-16-12(14-3)17-11/h8-9H,5-7H2,1-4H3,(H2,14,15,16,17). The number of halogens is 1. The summed E-state index contributed by atoms with van der Waals surface area (Å²) >= 11 is 0. The molecule has 0 fully saturated rings. The third kappa shape index (κ3) is 4.44. The number of aromatic nitrogens is 2. The molecule has 0 saturated heterocycles. The van der Waals surface area contributed by atoms with Gasteiger partial charge in [-0.05, 0) is 33.9 Å². The van der Waals surface area contributed by atoms with Crippen molar-refractivity contribution in [3.8, 4) is 0 Å². The number of hydrogen-bond acceptors (Lipinski definition) is 5. The van der Waals surface area contributed by atoms with Gasteiger partial charge in [-0.3, -0.25) is 0 Å². The average molecular weight is 255 g/mol. The molecule has 102 valence electrons. The van der Waals surface area contributed by atoms with E-state index in [9.17, 15) is 4.39 Å². The van der Waals surface area contributed by atoms with Crippen molar-refractivity contribution in [3.05, 3.63) is 12.0 Å². The quantitative estimate of drug-likeness (QED) is 0.728. The normalized spacial score (nSPS) is 11.1. The number of nitrogens with one attached hydrogen (secondary N) is 2. The first-order valence-electron chi connectivity index (χ1n) is 6.19. The molecule has 0 atom stereocenters. The Balaban J connectivity index is 2.39. The molecule has 0 bridgehead atoms. The van der Waals surface area contributed by atoms with Crippen molar-refractivity contribution in [3.63, 3.8) is 0 Å². The van der Waals surface area contributed by atoms with E-state index in [0.717, 1.165) is 13.0 Å². The summed E-state index contributed by atoms with van der Waals surface area (Å²) < 4.78 is 13.4. The Hall–Kier alpha value is -1.43. The van der Waals surface area contributed by atoms with Crippen molar-refractivity contribution in [2.24, 2.45) is 0 Å². The van der Waals surface area contributed by atoms with Gasteiger partial charge in [0.15, 0.2) is 11.6 Å². The molecule has 1 aromatic rings. The number of rotatable bonds is 7. The first kappa shape index (κ1) is 14.6. The van der Waals surface area contributed by atoms with E-state index in [1.165, 1.54) is 6.20 Å². The summed E-state index contributed by atoms with van der Waals surface area (Å²) in [6.45, 7) is 5.96. The van der Waals surface area contributed by atoms with E-state index in [1.807, 2.05) is 0 Å². The van der Waals surface area contributed by atoms with Gasteiger partial charge in [-0.15, -0.1) is 0 Å². The molecule has 18 heavy (non-hydrogen) atoms. The Morgan fingerprint density at radius 3 is 2.78 bits per heavy atom. The fraction of sp³-hybridized carbons (Fsp3) is 0.667. The Labute approximate surface area is 108 Å². The maximum absolute atomic E-state index is 13.4. The van der Waals surface area contributed by atoms with Crippen LogP contribution in [-0.2, 0) is 0 Å². The van der Waals surface area contributed by atoms with Gasteiger partial charge in [0.05, 0.1) is 6.20 Å². The molecular formula is C12H22FN5. The van der Waals surface area contributed by atoms with Crippen LogP contribution in [-0.4, -0.2) is 48.1 Å². The van der Waals surface area contributed by atoms with Gasteiger partial charge in [0.1, 0.15) is 0 Å².